The average Bonchev–Trinajstić information content (AvgIpc) is 2.27. The van der Waals surface area contributed by atoms with Crippen LogP contribution in [0.3, 0.4) is 0 Å². The number of piperidine rings is 1. The lowest BCUT2D eigenvalue weighted by atomic mass is 10.0. The molecule has 0 bridgehead atoms. The van der Waals surface area contributed by atoms with Gasteiger partial charge in [-0.05, 0) is 32.7 Å². The first-order valence-electron chi connectivity index (χ1n) is 6.91. The van der Waals surface area contributed by atoms with Gasteiger partial charge in [-0.2, -0.15) is 0 Å². The summed E-state index contributed by atoms with van der Waals surface area (Å²) in [5.41, 5.74) is 0. The lowest BCUT2D eigenvalue weighted by Gasteiger charge is -2.37. The van der Waals surface area contributed by atoms with Crippen LogP contribution in [0.2, 0.25) is 0 Å². The minimum Gasteiger partial charge on any atom is -0.465 e. The van der Waals surface area contributed by atoms with E-state index in [4.69, 9.17) is 4.74 Å². The van der Waals surface area contributed by atoms with E-state index in [9.17, 15) is 9.59 Å². The Morgan fingerprint density at radius 2 is 1.94 bits per heavy atom. The van der Waals surface area contributed by atoms with Crippen molar-refractivity contribution in [2.45, 2.75) is 38.6 Å². The van der Waals surface area contributed by atoms with Gasteiger partial charge in [0.05, 0.1) is 13.2 Å². The first kappa shape index (κ1) is 13.3. The lowest BCUT2D eigenvalue weighted by Crippen LogP contribution is -2.52. The van der Waals surface area contributed by atoms with Crippen molar-refractivity contribution in [3.05, 3.63) is 0 Å². The van der Waals surface area contributed by atoms with Crippen LogP contribution in [0.4, 0.5) is 0 Å². The van der Waals surface area contributed by atoms with Crippen molar-refractivity contribution in [3.63, 3.8) is 0 Å². The molecule has 1 unspecified atom stereocenters. The number of hydrogen-bond acceptors (Lipinski definition) is 4. The maximum atomic E-state index is 12.0. The quantitative estimate of drug-likeness (QED) is 0.691. The van der Waals surface area contributed by atoms with Gasteiger partial charge in [0.2, 0.25) is 5.91 Å². The summed E-state index contributed by atoms with van der Waals surface area (Å²) in [6, 6.07) is -0.219. The largest absolute Gasteiger partial charge is 0.465 e. The van der Waals surface area contributed by atoms with Crippen LogP contribution in [0.5, 0.6) is 0 Å². The predicted molar refractivity (Wildman–Crippen MR) is 67.0 cm³/mol. The molecule has 0 N–H and O–H groups in total. The summed E-state index contributed by atoms with van der Waals surface area (Å²) in [6.45, 7) is 5.15. The van der Waals surface area contributed by atoms with E-state index >= 15 is 0 Å². The highest BCUT2D eigenvalue weighted by atomic mass is 16.5. The lowest BCUT2D eigenvalue weighted by molar-refractivity contribution is -0.152. The molecule has 5 nitrogen and oxygen atoms in total. The fourth-order valence-corrected chi connectivity index (χ4v) is 2.52. The van der Waals surface area contributed by atoms with Gasteiger partial charge in [-0.1, -0.05) is 6.42 Å². The van der Waals surface area contributed by atoms with E-state index in [0.29, 0.717) is 13.2 Å². The van der Waals surface area contributed by atoms with Crippen molar-refractivity contribution in [3.8, 4) is 0 Å². The molecule has 2 fully saturated rings. The summed E-state index contributed by atoms with van der Waals surface area (Å²) in [5.74, 6) is -0.0222. The van der Waals surface area contributed by atoms with Crippen molar-refractivity contribution in [1.29, 1.82) is 0 Å². The molecule has 0 saturated carbocycles. The Bertz CT molecular complexity index is 315. The van der Waals surface area contributed by atoms with Crippen LogP contribution in [0.25, 0.3) is 0 Å². The molecule has 18 heavy (non-hydrogen) atoms. The highest BCUT2D eigenvalue weighted by Gasteiger charge is 2.32. The molecule has 0 aromatic rings. The Balaban J connectivity index is 1.90. The third-order valence-corrected chi connectivity index (χ3v) is 3.72. The molecular weight excluding hydrogens is 232 g/mol. The van der Waals surface area contributed by atoms with Crippen LogP contribution in [0.1, 0.15) is 32.6 Å². The number of carbonyl (C=O) groups is 2. The van der Waals surface area contributed by atoms with Gasteiger partial charge in [0.15, 0.2) is 0 Å². The minimum absolute atomic E-state index is 0.150. The number of carbonyl (C=O) groups excluding carboxylic acids is 2. The molecule has 1 amide bonds. The Morgan fingerprint density at radius 1 is 1.17 bits per heavy atom. The first-order valence-corrected chi connectivity index (χ1v) is 6.91. The van der Waals surface area contributed by atoms with Gasteiger partial charge in [0.1, 0.15) is 6.04 Å². The number of hydrogen-bond donors (Lipinski definition) is 0. The normalized spacial score (nSPS) is 24.5. The van der Waals surface area contributed by atoms with Gasteiger partial charge in [0.25, 0.3) is 0 Å². The van der Waals surface area contributed by atoms with Crippen LogP contribution in [0, 0.1) is 0 Å². The molecular formula is C13H22N2O3. The number of nitrogens with zero attached hydrogens (tertiary/aromatic N) is 2. The van der Waals surface area contributed by atoms with Crippen LogP contribution in [-0.4, -0.2) is 60.5 Å². The second-order valence-electron chi connectivity index (χ2n) is 4.97. The van der Waals surface area contributed by atoms with E-state index in [1.165, 1.54) is 0 Å². The summed E-state index contributed by atoms with van der Waals surface area (Å²) in [7, 11) is 0. The Morgan fingerprint density at radius 3 is 2.56 bits per heavy atom. The molecule has 0 aliphatic carbocycles. The molecule has 2 saturated heterocycles. The summed E-state index contributed by atoms with van der Waals surface area (Å²) < 4.78 is 5.09. The third-order valence-electron chi connectivity index (χ3n) is 3.72. The zero-order chi connectivity index (χ0) is 13.0. The van der Waals surface area contributed by atoms with Crippen molar-refractivity contribution >= 4 is 11.9 Å². The second kappa shape index (κ2) is 6.18. The summed E-state index contributed by atoms with van der Waals surface area (Å²) >= 11 is 0. The third kappa shape index (κ3) is 3.02. The summed E-state index contributed by atoms with van der Waals surface area (Å²) in [5, 5.41) is 0. The summed E-state index contributed by atoms with van der Waals surface area (Å²) in [6.07, 6.45) is 4.01. The molecule has 0 radical (unpaired) electrons. The zero-order valence-corrected chi connectivity index (χ0v) is 11.1. The smallest absolute Gasteiger partial charge is 0.323 e. The number of esters is 1. The van der Waals surface area contributed by atoms with Gasteiger partial charge in [-0.15, -0.1) is 0 Å². The molecule has 102 valence electrons. The van der Waals surface area contributed by atoms with Crippen LogP contribution < -0.4 is 0 Å². The highest BCUT2D eigenvalue weighted by molar-refractivity contribution is 5.81. The fourth-order valence-electron chi connectivity index (χ4n) is 2.52. The molecule has 5 heteroatoms. The van der Waals surface area contributed by atoms with Gasteiger partial charge in [0, 0.05) is 13.1 Å². The summed E-state index contributed by atoms with van der Waals surface area (Å²) in [4.78, 5) is 27.7. The van der Waals surface area contributed by atoms with Crippen molar-refractivity contribution in [2.75, 3.05) is 32.8 Å². The molecule has 0 aromatic heterocycles. The average molecular weight is 254 g/mol. The van der Waals surface area contributed by atoms with E-state index in [1.807, 2.05) is 16.7 Å². The van der Waals surface area contributed by atoms with Crippen molar-refractivity contribution in [2.24, 2.45) is 0 Å². The van der Waals surface area contributed by atoms with Crippen LogP contribution >= 0.6 is 0 Å². The Hall–Kier alpha value is -1.10. The molecule has 2 rings (SSSR count). The topological polar surface area (TPSA) is 49.9 Å². The number of rotatable bonds is 4. The molecule has 0 spiro atoms. The molecule has 2 aliphatic rings. The monoisotopic (exact) mass is 254 g/mol. The van der Waals surface area contributed by atoms with E-state index in [0.717, 1.165) is 45.3 Å². The van der Waals surface area contributed by atoms with E-state index in [2.05, 4.69) is 0 Å². The number of amides is 1. The van der Waals surface area contributed by atoms with Gasteiger partial charge >= 0.3 is 5.97 Å². The van der Waals surface area contributed by atoms with Gasteiger partial charge in [-0.25, -0.2) is 0 Å². The van der Waals surface area contributed by atoms with E-state index in [1.54, 1.807) is 0 Å². The predicted octanol–water partition coefficient (Wildman–Crippen LogP) is 0.636. The standard InChI is InChI=1S/C13H22N2O3/c1-2-18-13(17)11-6-3-4-7-15(11)10-12(16)14-8-5-9-14/h11H,2-10H2,1H3. The second-order valence-corrected chi connectivity index (χ2v) is 4.97. The highest BCUT2D eigenvalue weighted by Crippen LogP contribution is 2.19. The zero-order valence-electron chi connectivity index (χ0n) is 11.1. The van der Waals surface area contributed by atoms with E-state index < -0.39 is 0 Å². The Labute approximate surface area is 108 Å². The molecule has 2 aliphatic heterocycles. The molecule has 2 heterocycles. The van der Waals surface area contributed by atoms with Gasteiger partial charge < -0.3 is 9.64 Å². The Kier molecular flexibility index (Phi) is 4.58. The molecule has 1 atom stereocenters. The fraction of sp³-hybridized carbons (Fsp3) is 0.846. The van der Waals surface area contributed by atoms with E-state index in [-0.39, 0.29) is 17.9 Å². The van der Waals surface area contributed by atoms with Crippen molar-refractivity contribution in [1.82, 2.24) is 9.80 Å². The minimum atomic E-state index is -0.219. The number of likely N-dealkylation sites (tertiary alicyclic amines) is 2. The molecule has 0 aromatic carbocycles. The van der Waals surface area contributed by atoms with Crippen LogP contribution in [-0.2, 0) is 14.3 Å². The SMILES string of the molecule is CCOC(=O)C1CCCCN1CC(=O)N1CCC1. The van der Waals surface area contributed by atoms with Gasteiger partial charge in [-0.3, -0.25) is 14.5 Å². The van der Waals surface area contributed by atoms with Crippen molar-refractivity contribution < 1.29 is 14.3 Å². The maximum Gasteiger partial charge on any atom is 0.323 e. The number of ether oxygens (including phenoxy) is 1. The first-order chi connectivity index (χ1) is 8.72. The van der Waals surface area contributed by atoms with Crippen LogP contribution in [0.15, 0.2) is 0 Å². The maximum absolute atomic E-state index is 12.0.